The largest absolute Gasteiger partial charge is 0.416 e. The molecule has 21 heavy (non-hydrogen) atoms. The van der Waals surface area contributed by atoms with Gasteiger partial charge < -0.3 is 0 Å². The molecule has 0 amide bonds. The fraction of sp³-hybridized carbons (Fsp3) is 0.308. The van der Waals surface area contributed by atoms with Gasteiger partial charge in [-0.1, -0.05) is 6.08 Å². The van der Waals surface area contributed by atoms with E-state index in [1.165, 1.54) is 6.08 Å². The van der Waals surface area contributed by atoms with E-state index in [4.69, 9.17) is 0 Å². The summed E-state index contributed by atoms with van der Waals surface area (Å²) in [4.78, 5) is 3.43. The zero-order chi connectivity index (χ0) is 15.8. The first-order chi connectivity index (χ1) is 9.57. The first-order valence-corrected chi connectivity index (χ1v) is 5.76. The predicted molar refractivity (Wildman–Crippen MR) is 61.5 cm³/mol. The molecule has 0 fully saturated rings. The highest BCUT2D eigenvalue weighted by atomic mass is 19.4. The lowest BCUT2D eigenvalue weighted by Crippen LogP contribution is -2.13. The van der Waals surface area contributed by atoms with Crippen molar-refractivity contribution in [2.45, 2.75) is 24.8 Å². The van der Waals surface area contributed by atoms with Crippen molar-refractivity contribution in [3.05, 3.63) is 47.0 Å². The molecule has 0 aromatic heterocycles. The third-order valence-electron chi connectivity index (χ3n) is 2.89. The average Bonchev–Trinajstić information content (AvgIpc) is 2.36. The number of alkyl halides is 6. The molecule has 0 saturated heterocycles. The van der Waals surface area contributed by atoms with E-state index in [9.17, 15) is 30.7 Å². The van der Waals surface area contributed by atoms with Crippen LogP contribution in [0, 0.1) is 0 Å². The summed E-state index contributed by atoms with van der Waals surface area (Å²) in [6, 6.07) is 0.0619. The van der Waals surface area contributed by atoms with Crippen molar-refractivity contribution in [3.8, 4) is 0 Å². The van der Waals surface area contributed by atoms with Gasteiger partial charge in [0, 0.05) is 0 Å². The predicted octanol–water partition coefficient (Wildman–Crippen LogP) is 5.09. The third-order valence-corrected chi connectivity index (χ3v) is 2.89. The van der Waals surface area contributed by atoms with Gasteiger partial charge in [-0.2, -0.15) is 30.7 Å². The van der Waals surface area contributed by atoms with Crippen LogP contribution in [0.5, 0.6) is 0 Å². The minimum absolute atomic E-state index is 0.0300. The molecule has 1 aliphatic rings. The van der Waals surface area contributed by atoms with Gasteiger partial charge in [-0.25, -0.2) is 4.99 Å². The van der Waals surface area contributed by atoms with Crippen LogP contribution in [0.3, 0.4) is 0 Å². The Kier molecular flexibility index (Phi) is 3.81. The Bertz CT molecular complexity index is 563. The van der Waals surface area contributed by atoms with E-state index >= 15 is 0 Å². The summed E-state index contributed by atoms with van der Waals surface area (Å²) in [6.45, 7) is 0. The van der Waals surface area contributed by atoms with E-state index in [-0.39, 0.29) is 18.1 Å². The van der Waals surface area contributed by atoms with Gasteiger partial charge in [-0.3, -0.25) is 0 Å². The summed E-state index contributed by atoms with van der Waals surface area (Å²) in [5.74, 6) is -0.933. The zero-order valence-electron chi connectivity index (χ0n) is 10.3. The molecule has 1 unspecified atom stereocenters. The van der Waals surface area contributed by atoms with Crippen molar-refractivity contribution in [1.82, 2.24) is 0 Å². The van der Waals surface area contributed by atoms with Crippen molar-refractivity contribution in [2.24, 2.45) is 4.99 Å². The molecule has 1 atom stereocenters. The van der Waals surface area contributed by atoms with Gasteiger partial charge in [-0.05, 0) is 36.3 Å². The van der Waals surface area contributed by atoms with E-state index in [1.54, 1.807) is 0 Å². The highest BCUT2D eigenvalue weighted by Gasteiger charge is 2.37. The molecule has 1 heterocycles. The minimum Gasteiger partial charge on any atom is -0.249 e. The normalized spacial score (nSPS) is 19.6. The highest BCUT2D eigenvalue weighted by Crippen LogP contribution is 2.38. The molecule has 1 aromatic rings. The Labute approximate surface area is 114 Å². The molecule has 0 N–H and O–H groups in total. The second-order valence-corrected chi connectivity index (χ2v) is 4.44. The van der Waals surface area contributed by atoms with Crippen LogP contribution in [0.1, 0.15) is 29.2 Å². The van der Waals surface area contributed by atoms with Crippen LogP contribution in [0.4, 0.5) is 30.7 Å². The summed E-state index contributed by atoms with van der Waals surface area (Å²) in [6.07, 6.45) is -7.51. The van der Waals surface area contributed by atoms with Gasteiger partial charge in [0.25, 0.3) is 0 Å². The van der Waals surface area contributed by atoms with Crippen molar-refractivity contribution in [3.63, 3.8) is 0 Å². The van der Waals surface area contributed by atoms with Crippen LogP contribution in [0.2, 0.25) is 0 Å². The van der Waals surface area contributed by atoms with Crippen molar-refractivity contribution in [2.75, 3.05) is 0 Å². The van der Waals surface area contributed by atoms with Gasteiger partial charge >= 0.3 is 12.4 Å². The van der Waals surface area contributed by atoms with Gasteiger partial charge in [0.05, 0.1) is 17.2 Å². The first kappa shape index (κ1) is 15.5. The van der Waals surface area contributed by atoms with Crippen molar-refractivity contribution in [1.29, 1.82) is 0 Å². The van der Waals surface area contributed by atoms with E-state index in [0.717, 1.165) is 6.08 Å². The minimum atomic E-state index is -4.93. The highest BCUT2D eigenvalue weighted by molar-refractivity contribution is 5.87. The maximum absolute atomic E-state index is 13.0. The summed E-state index contributed by atoms with van der Waals surface area (Å²) < 4.78 is 89.1. The lowest BCUT2D eigenvalue weighted by Gasteiger charge is -2.18. The molecule has 0 bridgehead atoms. The van der Waals surface area contributed by atoms with E-state index in [0.29, 0.717) is 12.1 Å². The van der Waals surface area contributed by atoms with E-state index in [1.807, 2.05) is 0 Å². The van der Waals surface area contributed by atoms with Gasteiger partial charge in [0.15, 0.2) is 0 Å². The molecule has 0 radical (unpaired) electrons. The number of allylic oxidation sites excluding steroid dienone is 1. The maximum atomic E-state index is 13.0. The third kappa shape index (κ3) is 3.62. The van der Waals surface area contributed by atoms with Gasteiger partial charge in [-0.15, -0.1) is 0 Å². The number of dihydropyridines is 1. The summed E-state index contributed by atoms with van der Waals surface area (Å²) in [7, 11) is 0. The molecule has 1 nitrogen and oxygen atoms in total. The van der Waals surface area contributed by atoms with Gasteiger partial charge in [0.2, 0.25) is 5.97 Å². The monoisotopic (exact) mass is 311 g/mol. The molecule has 114 valence electrons. The summed E-state index contributed by atoms with van der Waals surface area (Å²) >= 11 is 0. The molecule has 2 rings (SSSR count). The zero-order valence-corrected chi connectivity index (χ0v) is 10.3. The Morgan fingerprint density at radius 2 is 1.43 bits per heavy atom. The fourth-order valence-corrected chi connectivity index (χ4v) is 1.92. The Morgan fingerprint density at radius 1 is 0.905 bits per heavy atom. The number of benzene rings is 1. The molecule has 1 aromatic carbocycles. The van der Waals surface area contributed by atoms with Crippen LogP contribution < -0.4 is 0 Å². The molecular weight excluding hydrogens is 303 g/mol. The van der Waals surface area contributed by atoms with Crippen LogP contribution in [0.15, 0.2) is 35.3 Å². The van der Waals surface area contributed by atoms with Crippen LogP contribution in [-0.2, 0) is 12.4 Å². The van der Waals surface area contributed by atoms with Crippen LogP contribution in [0.25, 0.3) is 0 Å². The van der Waals surface area contributed by atoms with Crippen molar-refractivity contribution < 1.29 is 30.7 Å². The Morgan fingerprint density at radius 3 is 1.86 bits per heavy atom. The quantitative estimate of drug-likeness (QED) is 0.640. The molecule has 0 aliphatic carbocycles. The number of aliphatic imine (C=N–C) groups is 1. The lowest BCUT2D eigenvalue weighted by molar-refractivity contribution is -0.143. The summed E-state index contributed by atoms with van der Waals surface area (Å²) in [5.41, 5.74) is -3.19. The van der Waals surface area contributed by atoms with Crippen molar-refractivity contribution >= 4 is 5.97 Å². The van der Waals surface area contributed by atoms with E-state index in [2.05, 4.69) is 4.99 Å². The van der Waals surface area contributed by atoms with Crippen LogP contribution in [-0.4, -0.2) is 5.97 Å². The Hall–Kier alpha value is -1.86. The van der Waals surface area contributed by atoms with Crippen LogP contribution >= 0.6 is 0 Å². The number of hydrogen-bond donors (Lipinski definition) is 0. The van der Waals surface area contributed by atoms with Gasteiger partial charge in [0.1, 0.15) is 0 Å². The number of halogens is 7. The fourth-order valence-electron chi connectivity index (χ4n) is 1.92. The smallest absolute Gasteiger partial charge is 0.249 e. The average molecular weight is 311 g/mol. The number of hydrogen-bond acceptors (Lipinski definition) is 1. The molecular formula is C13H8F7N. The SMILES string of the molecule is FC1=NC(c2cc(C(F)(F)F)cc(C(F)(F)F)c2)CC=C1. The maximum Gasteiger partial charge on any atom is 0.416 e. The molecule has 8 heteroatoms. The number of rotatable bonds is 1. The molecule has 1 aliphatic heterocycles. The Balaban J connectivity index is 2.53. The molecule has 0 saturated carbocycles. The second kappa shape index (κ2) is 5.16. The lowest BCUT2D eigenvalue weighted by atomic mass is 9.97. The standard InChI is InChI=1S/C13H8F7N/c14-11-3-1-2-10(21-11)7-4-8(12(15,16)17)6-9(5-7)13(18,19)20/h1,3-6,10H,2H2. The second-order valence-electron chi connectivity index (χ2n) is 4.44. The first-order valence-electron chi connectivity index (χ1n) is 5.76. The molecule has 0 spiro atoms. The van der Waals surface area contributed by atoms with E-state index < -0.39 is 35.5 Å². The number of nitrogens with zero attached hydrogens (tertiary/aromatic N) is 1. The summed E-state index contributed by atoms with van der Waals surface area (Å²) in [5, 5.41) is 0. The topological polar surface area (TPSA) is 12.4 Å².